The van der Waals surface area contributed by atoms with Gasteiger partial charge >= 0.3 is 0 Å². The fraction of sp³-hybridized carbons (Fsp3) is 0.867. The third-order valence-corrected chi connectivity index (χ3v) is 4.62. The van der Waals surface area contributed by atoms with E-state index in [1.54, 1.807) is 0 Å². The van der Waals surface area contributed by atoms with Crippen molar-refractivity contribution in [3.8, 4) is 0 Å². The maximum absolute atomic E-state index is 12.2. The van der Waals surface area contributed by atoms with Gasteiger partial charge in [-0.1, -0.05) is 0 Å². The summed E-state index contributed by atoms with van der Waals surface area (Å²) < 4.78 is 0. The molecule has 3 fully saturated rings. The summed E-state index contributed by atoms with van der Waals surface area (Å²) in [5.41, 5.74) is 0. The summed E-state index contributed by atoms with van der Waals surface area (Å²) in [6, 6.07) is 0.239. The molecule has 2 heterocycles. The van der Waals surface area contributed by atoms with E-state index in [1.165, 1.54) is 0 Å². The molecular formula is C15H25N3O2. The van der Waals surface area contributed by atoms with Gasteiger partial charge in [0.1, 0.15) is 0 Å². The summed E-state index contributed by atoms with van der Waals surface area (Å²) in [6.07, 6.45) is 6.51. The van der Waals surface area contributed by atoms with Gasteiger partial charge < -0.3 is 10.2 Å². The third-order valence-electron chi connectivity index (χ3n) is 4.62. The molecule has 1 unspecified atom stereocenters. The van der Waals surface area contributed by atoms with Gasteiger partial charge in [0.25, 0.3) is 0 Å². The number of amides is 2. The van der Waals surface area contributed by atoms with E-state index in [0.29, 0.717) is 6.54 Å². The van der Waals surface area contributed by atoms with Crippen LogP contribution in [-0.2, 0) is 9.59 Å². The van der Waals surface area contributed by atoms with Crippen LogP contribution in [0.2, 0.25) is 0 Å². The minimum absolute atomic E-state index is 0.225. The van der Waals surface area contributed by atoms with Crippen LogP contribution in [0.25, 0.3) is 0 Å². The number of hydrogen-bond acceptors (Lipinski definition) is 3. The van der Waals surface area contributed by atoms with Gasteiger partial charge in [-0.15, -0.1) is 0 Å². The minimum atomic E-state index is 0.225. The zero-order chi connectivity index (χ0) is 13.9. The van der Waals surface area contributed by atoms with E-state index in [1.807, 2.05) is 4.90 Å². The van der Waals surface area contributed by atoms with Crippen LogP contribution in [0.1, 0.15) is 38.5 Å². The number of carbonyl (C=O) groups excluding carboxylic acids is 2. The topological polar surface area (TPSA) is 52.7 Å². The lowest BCUT2D eigenvalue weighted by atomic mass is 10.1. The Hall–Kier alpha value is -1.10. The molecule has 0 aromatic heterocycles. The van der Waals surface area contributed by atoms with E-state index < -0.39 is 0 Å². The quantitative estimate of drug-likeness (QED) is 0.820. The van der Waals surface area contributed by atoms with Crippen LogP contribution in [0.4, 0.5) is 0 Å². The molecule has 1 saturated carbocycles. The second kappa shape index (κ2) is 6.12. The van der Waals surface area contributed by atoms with Gasteiger partial charge in [0, 0.05) is 31.6 Å². The van der Waals surface area contributed by atoms with Crippen LogP contribution >= 0.6 is 0 Å². The zero-order valence-corrected chi connectivity index (χ0v) is 12.1. The second-order valence-corrected chi connectivity index (χ2v) is 6.45. The molecule has 0 spiro atoms. The fourth-order valence-electron chi connectivity index (χ4n) is 3.24. The summed E-state index contributed by atoms with van der Waals surface area (Å²) in [7, 11) is 0. The minimum Gasteiger partial charge on any atom is -0.352 e. The highest BCUT2D eigenvalue weighted by Crippen LogP contribution is 2.29. The molecule has 1 N–H and O–H groups in total. The first-order valence-corrected chi connectivity index (χ1v) is 8.03. The predicted molar refractivity (Wildman–Crippen MR) is 76.1 cm³/mol. The third kappa shape index (κ3) is 3.51. The van der Waals surface area contributed by atoms with Crippen molar-refractivity contribution in [2.24, 2.45) is 5.92 Å². The van der Waals surface area contributed by atoms with Crippen molar-refractivity contribution >= 4 is 11.8 Å². The van der Waals surface area contributed by atoms with Gasteiger partial charge in [-0.2, -0.15) is 0 Å². The highest BCUT2D eigenvalue weighted by atomic mass is 16.2. The Kier molecular flexibility index (Phi) is 4.24. The molecule has 1 aliphatic carbocycles. The van der Waals surface area contributed by atoms with Crippen molar-refractivity contribution in [3.63, 3.8) is 0 Å². The predicted octanol–water partition coefficient (Wildman–Crippen LogP) is 0.599. The van der Waals surface area contributed by atoms with Gasteiger partial charge in [-0.25, -0.2) is 0 Å². The van der Waals surface area contributed by atoms with Gasteiger partial charge in [-0.05, 0) is 45.1 Å². The van der Waals surface area contributed by atoms with Crippen LogP contribution in [0.3, 0.4) is 0 Å². The number of hydrogen-bond donors (Lipinski definition) is 1. The molecule has 0 aromatic carbocycles. The SMILES string of the molecule is O=C(NC1CCCN(CC(=O)N2CCCC2)C1)C1CC1. The van der Waals surface area contributed by atoms with Gasteiger partial charge in [0.15, 0.2) is 0 Å². The van der Waals surface area contributed by atoms with Crippen LogP contribution < -0.4 is 5.32 Å². The summed E-state index contributed by atoms with van der Waals surface area (Å²) in [5.74, 6) is 0.760. The number of rotatable bonds is 4. The molecule has 2 aliphatic heterocycles. The molecule has 3 aliphatic rings. The molecule has 0 bridgehead atoms. The Morgan fingerprint density at radius 2 is 1.75 bits per heavy atom. The van der Waals surface area contributed by atoms with E-state index in [2.05, 4.69) is 10.2 Å². The van der Waals surface area contributed by atoms with Crippen molar-refractivity contribution in [1.82, 2.24) is 15.1 Å². The van der Waals surface area contributed by atoms with Gasteiger partial charge in [0.2, 0.25) is 11.8 Å². The smallest absolute Gasteiger partial charge is 0.236 e. The largest absolute Gasteiger partial charge is 0.352 e. The first kappa shape index (κ1) is 13.9. The monoisotopic (exact) mass is 279 g/mol. The molecule has 112 valence electrons. The van der Waals surface area contributed by atoms with Crippen LogP contribution in [0, 0.1) is 5.92 Å². The molecule has 2 saturated heterocycles. The van der Waals surface area contributed by atoms with E-state index in [9.17, 15) is 9.59 Å². The molecule has 1 atom stereocenters. The first-order valence-electron chi connectivity index (χ1n) is 8.03. The molecular weight excluding hydrogens is 254 g/mol. The molecule has 0 aromatic rings. The Morgan fingerprint density at radius 1 is 1.00 bits per heavy atom. The first-order chi connectivity index (χ1) is 9.72. The number of nitrogens with zero attached hydrogens (tertiary/aromatic N) is 2. The van der Waals surface area contributed by atoms with Crippen LogP contribution in [0.5, 0.6) is 0 Å². The number of piperidine rings is 1. The maximum Gasteiger partial charge on any atom is 0.236 e. The lowest BCUT2D eigenvalue weighted by Gasteiger charge is -2.33. The number of carbonyl (C=O) groups is 2. The normalized spacial score (nSPS) is 27.6. The fourth-order valence-corrected chi connectivity index (χ4v) is 3.24. The lowest BCUT2D eigenvalue weighted by Crippen LogP contribution is -2.50. The van der Waals surface area contributed by atoms with E-state index >= 15 is 0 Å². The van der Waals surface area contributed by atoms with E-state index in [-0.39, 0.29) is 23.8 Å². The summed E-state index contributed by atoms with van der Waals surface area (Å²) in [4.78, 5) is 28.2. The van der Waals surface area contributed by atoms with Gasteiger partial charge in [-0.3, -0.25) is 14.5 Å². The second-order valence-electron chi connectivity index (χ2n) is 6.45. The maximum atomic E-state index is 12.2. The molecule has 3 rings (SSSR count). The van der Waals surface area contributed by atoms with Gasteiger partial charge in [0.05, 0.1) is 6.54 Å². The number of nitrogens with one attached hydrogen (secondary N) is 1. The molecule has 5 heteroatoms. The molecule has 5 nitrogen and oxygen atoms in total. The standard InChI is InChI=1S/C15H25N3O2/c19-14(18-8-1-2-9-18)11-17-7-3-4-13(10-17)16-15(20)12-5-6-12/h12-13H,1-11H2,(H,16,20). The van der Waals surface area contributed by atoms with Crippen LogP contribution in [0.15, 0.2) is 0 Å². The number of likely N-dealkylation sites (tertiary alicyclic amines) is 2. The Morgan fingerprint density at radius 3 is 2.45 bits per heavy atom. The van der Waals surface area contributed by atoms with E-state index in [0.717, 1.165) is 64.7 Å². The van der Waals surface area contributed by atoms with Crippen molar-refractivity contribution in [2.45, 2.75) is 44.6 Å². The molecule has 20 heavy (non-hydrogen) atoms. The molecule has 2 amide bonds. The lowest BCUT2D eigenvalue weighted by molar-refractivity contribution is -0.131. The summed E-state index contributed by atoms with van der Waals surface area (Å²) in [5, 5.41) is 3.15. The average molecular weight is 279 g/mol. The highest BCUT2D eigenvalue weighted by Gasteiger charge is 2.32. The Balaban J connectivity index is 1.44. The van der Waals surface area contributed by atoms with Crippen molar-refractivity contribution in [1.29, 1.82) is 0 Å². The van der Waals surface area contributed by atoms with Crippen molar-refractivity contribution < 1.29 is 9.59 Å². The average Bonchev–Trinajstić information content (AvgIpc) is 3.14. The Bertz CT molecular complexity index is 375. The van der Waals surface area contributed by atoms with Crippen molar-refractivity contribution in [3.05, 3.63) is 0 Å². The molecule has 0 radical (unpaired) electrons. The van der Waals surface area contributed by atoms with Crippen molar-refractivity contribution in [2.75, 3.05) is 32.7 Å². The highest BCUT2D eigenvalue weighted by molar-refractivity contribution is 5.81. The van der Waals surface area contributed by atoms with Crippen LogP contribution in [-0.4, -0.2) is 60.4 Å². The summed E-state index contributed by atoms with van der Waals surface area (Å²) in [6.45, 7) is 4.19. The Labute approximate surface area is 120 Å². The zero-order valence-electron chi connectivity index (χ0n) is 12.1. The summed E-state index contributed by atoms with van der Waals surface area (Å²) >= 11 is 0. The van der Waals surface area contributed by atoms with E-state index in [4.69, 9.17) is 0 Å².